The monoisotopic (exact) mass is 409 g/mol. The van der Waals surface area contributed by atoms with Crippen molar-refractivity contribution in [2.24, 2.45) is 10.7 Å². The molecule has 2 rings (SSSR count). The van der Waals surface area contributed by atoms with Gasteiger partial charge < -0.3 is 16.2 Å². The number of nitrogens with two attached hydrogens (primary N) is 1. The second-order valence-electron chi connectivity index (χ2n) is 4.92. The molecule has 0 saturated heterocycles. The van der Waals surface area contributed by atoms with Gasteiger partial charge in [0, 0.05) is 17.8 Å². The molecule has 0 aliphatic rings. The molecule has 7 heteroatoms. The van der Waals surface area contributed by atoms with Crippen LogP contribution >= 0.6 is 11.3 Å². The summed E-state index contributed by atoms with van der Waals surface area (Å²) in [5.41, 5.74) is 8.29. The predicted molar refractivity (Wildman–Crippen MR) is 126 cm³/mol. The molecule has 152 valence electrons. The lowest BCUT2D eigenvalue weighted by atomic mass is 10.0. The zero-order valence-electron chi connectivity index (χ0n) is 16.7. The zero-order valence-corrected chi connectivity index (χ0v) is 17.5. The van der Waals surface area contributed by atoms with E-state index in [2.05, 4.69) is 23.0 Å². The molecule has 0 amide bonds. The number of allylic oxidation sites excluding steroid dienone is 3. The van der Waals surface area contributed by atoms with E-state index in [1.807, 2.05) is 54.9 Å². The van der Waals surface area contributed by atoms with Crippen molar-refractivity contribution >= 4 is 29.7 Å². The third kappa shape index (κ3) is 10.3. The Morgan fingerprint density at radius 2 is 2.17 bits per heavy atom. The van der Waals surface area contributed by atoms with Crippen LogP contribution < -0.4 is 11.1 Å². The first-order chi connectivity index (χ1) is 14.2. The number of nitrogens with zero attached hydrogens (tertiary/aromatic N) is 2. The number of hydrogen-bond donors (Lipinski definition) is 4. The third-order valence-electron chi connectivity index (χ3n) is 3.17. The number of aliphatic hydroxyl groups excluding tert-OH is 1. The van der Waals surface area contributed by atoms with Crippen molar-refractivity contribution < 1.29 is 5.11 Å². The van der Waals surface area contributed by atoms with Crippen LogP contribution in [-0.2, 0) is 0 Å². The Hall–Kier alpha value is -3.63. The Morgan fingerprint density at radius 3 is 2.69 bits per heavy atom. The topological polar surface area (TPSA) is 118 Å². The van der Waals surface area contributed by atoms with E-state index in [0.29, 0.717) is 12.1 Å². The summed E-state index contributed by atoms with van der Waals surface area (Å²) in [5.74, 6) is 0.134. The Labute approximate surface area is 176 Å². The van der Waals surface area contributed by atoms with Crippen molar-refractivity contribution in [1.82, 2.24) is 0 Å². The second-order valence-corrected chi connectivity index (χ2v) is 5.70. The van der Waals surface area contributed by atoms with Crippen LogP contribution in [0.2, 0.25) is 0 Å². The molecule has 0 unspecified atom stereocenters. The minimum Gasteiger partial charge on any atom is -0.508 e. The van der Waals surface area contributed by atoms with E-state index in [-0.39, 0.29) is 5.76 Å². The van der Waals surface area contributed by atoms with Gasteiger partial charge in [0.2, 0.25) is 0 Å². The first kappa shape index (κ1) is 25.4. The molecule has 29 heavy (non-hydrogen) atoms. The summed E-state index contributed by atoms with van der Waals surface area (Å²) in [6.07, 6.45) is 8.54. The fourth-order valence-corrected chi connectivity index (χ4v) is 2.59. The molecule has 1 aromatic carbocycles. The minimum atomic E-state index is 0.134. The van der Waals surface area contributed by atoms with Crippen molar-refractivity contribution in [2.75, 3.05) is 11.9 Å². The highest BCUT2D eigenvalue weighted by Gasteiger charge is 2.06. The summed E-state index contributed by atoms with van der Waals surface area (Å²) in [5, 5.41) is 31.9. The molecule has 2 aromatic rings. The molecule has 1 heterocycles. The van der Waals surface area contributed by atoms with E-state index in [9.17, 15) is 10.4 Å². The normalized spacial score (nSPS) is 10.3. The minimum absolute atomic E-state index is 0.134. The maximum Gasteiger partial charge on any atom is 0.114 e. The van der Waals surface area contributed by atoms with Crippen LogP contribution in [0.1, 0.15) is 19.4 Å². The number of hydrogen-bond acceptors (Lipinski definition) is 5. The quantitative estimate of drug-likeness (QED) is 0.209. The number of rotatable bonds is 7. The average Bonchev–Trinajstić information content (AvgIpc) is 3.30. The Morgan fingerprint density at radius 1 is 1.41 bits per heavy atom. The maximum atomic E-state index is 9.22. The molecular formula is C22H27N5OS. The largest absolute Gasteiger partial charge is 0.508 e. The molecule has 5 N–H and O–H groups in total. The lowest BCUT2D eigenvalue weighted by Gasteiger charge is -2.07. The van der Waals surface area contributed by atoms with Gasteiger partial charge >= 0.3 is 0 Å². The highest BCUT2D eigenvalue weighted by molar-refractivity contribution is 7.08. The molecule has 1 aromatic heterocycles. The number of nitrogens with one attached hydrogen (secondary N) is 2. The molecule has 0 fully saturated rings. The fraction of sp³-hybridized carbons (Fsp3) is 0.136. The average molecular weight is 410 g/mol. The second kappa shape index (κ2) is 16.5. The number of thiophene rings is 1. The van der Waals surface area contributed by atoms with Crippen molar-refractivity contribution in [3.63, 3.8) is 0 Å². The highest BCUT2D eigenvalue weighted by atomic mass is 32.1. The molecule has 0 spiro atoms. The van der Waals surface area contributed by atoms with Gasteiger partial charge in [-0.1, -0.05) is 32.6 Å². The van der Waals surface area contributed by atoms with E-state index >= 15 is 0 Å². The summed E-state index contributed by atoms with van der Waals surface area (Å²) in [4.78, 5) is 3.17. The first-order valence-electron chi connectivity index (χ1n) is 8.87. The maximum absolute atomic E-state index is 9.22. The predicted octanol–water partition coefficient (Wildman–Crippen LogP) is 5.49. The number of nitriles is 1. The molecule has 0 radical (unpaired) electrons. The molecule has 0 aliphatic heterocycles. The van der Waals surface area contributed by atoms with Crippen molar-refractivity contribution in [2.45, 2.75) is 13.8 Å². The van der Waals surface area contributed by atoms with Crippen molar-refractivity contribution in [1.29, 1.82) is 10.7 Å². The standard InChI is InChI=1S/C18H16N2OS.C2H5N3.C2H6/c1-2-17(21)5-3-4-9-20-16-7-6-14(12-19)18(11-16)15-8-10-22-13-15;3-1-5-2-4;1-2/h2-8,10-11,13,20-21H,1,9H2;1-2H,(H3,3,4,5);1-2H3/b4-3+,17-5+;;. The zero-order chi connectivity index (χ0) is 21.9. The summed E-state index contributed by atoms with van der Waals surface area (Å²) < 4.78 is 0. The van der Waals surface area contributed by atoms with E-state index < -0.39 is 0 Å². The van der Waals surface area contributed by atoms with Crippen LogP contribution in [0.5, 0.6) is 0 Å². The van der Waals surface area contributed by atoms with Gasteiger partial charge in [-0.3, -0.25) is 5.41 Å². The van der Waals surface area contributed by atoms with Crippen LogP contribution in [-0.4, -0.2) is 24.3 Å². The van der Waals surface area contributed by atoms with Crippen LogP contribution in [0.3, 0.4) is 0 Å². The molecule has 0 atom stereocenters. The van der Waals surface area contributed by atoms with Crippen LogP contribution in [0.25, 0.3) is 11.1 Å². The van der Waals surface area contributed by atoms with Gasteiger partial charge in [0.1, 0.15) is 12.1 Å². The number of aliphatic imine (C=N–C) groups is 1. The Bertz CT molecular complexity index is 862. The number of anilines is 1. The SMILES string of the molecule is C=C/C(O)=C\C=C\CNc1ccc(C#N)c(-c2ccsc2)c1.CC.N=CN=CN. The van der Waals surface area contributed by atoms with Gasteiger partial charge in [-0.05, 0) is 52.7 Å². The highest BCUT2D eigenvalue weighted by Crippen LogP contribution is 2.28. The van der Waals surface area contributed by atoms with Crippen molar-refractivity contribution in [3.05, 3.63) is 77.2 Å². The molecule has 6 nitrogen and oxygen atoms in total. The molecular weight excluding hydrogens is 382 g/mol. The van der Waals surface area contributed by atoms with Crippen molar-refractivity contribution in [3.8, 4) is 17.2 Å². The smallest absolute Gasteiger partial charge is 0.114 e. The van der Waals surface area contributed by atoms with E-state index in [4.69, 9.17) is 11.1 Å². The molecule has 0 bridgehead atoms. The van der Waals surface area contributed by atoms with Gasteiger partial charge in [-0.2, -0.15) is 16.6 Å². The molecule has 0 aliphatic carbocycles. The van der Waals surface area contributed by atoms with E-state index in [0.717, 1.165) is 29.5 Å². The van der Waals surface area contributed by atoms with Gasteiger partial charge in [0.05, 0.1) is 18.0 Å². The van der Waals surface area contributed by atoms with Crippen LogP contribution in [0.4, 0.5) is 5.69 Å². The molecule has 0 saturated carbocycles. The Kier molecular flexibility index (Phi) is 14.5. The number of aliphatic hydroxyl groups is 1. The van der Waals surface area contributed by atoms with Crippen LogP contribution in [0, 0.1) is 16.7 Å². The summed E-state index contributed by atoms with van der Waals surface area (Å²) in [6.45, 7) is 8.09. The third-order valence-corrected chi connectivity index (χ3v) is 3.85. The fourth-order valence-electron chi connectivity index (χ4n) is 1.93. The summed E-state index contributed by atoms with van der Waals surface area (Å²) >= 11 is 1.61. The summed E-state index contributed by atoms with van der Waals surface area (Å²) in [7, 11) is 0. The van der Waals surface area contributed by atoms with E-state index in [1.54, 1.807) is 23.5 Å². The Balaban J connectivity index is 0.000000977. The van der Waals surface area contributed by atoms with Gasteiger partial charge in [0.15, 0.2) is 0 Å². The van der Waals surface area contributed by atoms with Gasteiger partial charge in [-0.25, -0.2) is 4.99 Å². The first-order valence-corrected chi connectivity index (χ1v) is 9.81. The number of benzene rings is 1. The van der Waals surface area contributed by atoms with Crippen LogP contribution in [0.15, 0.2) is 76.7 Å². The summed E-state index contributed by atoms with van der Waals surface area (Å²) in [6, 6.07) is 9.92. The lowest BCUT2D eigenvalue weighted by molar-refractivity contribution is 0.433. The van der Waals surface area contributed by atoms with Gasteiger partial charge in [-0.15, -0.1) is 0 Å². The van der Waals surface area contributed by atoms with Gasteiger partial charge in [0.25, 0.3) is 0 Å². The lowest BCUT2D eigenvalue weighted by Crippen LogP contribution is -1.98. The van der Waals surface area contributed by atoms with E-state index in [1.165, 1.54) is 6.08 Å².